The Hall–Kier alpha value is -1.56. The van der Waals surface area contributed by atoms with Crippen LogP contribution in [0, 0.1) is 6.92 Å². The molecule has 17 heavy (non-hydrogen) atoms. The lowest BCUT2D eigenvalue weighted by atomic mass is 10.4. The van der Waals surface area contributed by atoms with E-state index in [4.69, 9.17) is 9.84 Å². The number of hydrogen-bond acceptors (Lipinski definition) is 4. The van der Waals surface area contributed by atoms with Crippen LogP contribution >= 0.6 is 11.3 Å². The number of aromatic carboxylic acids is 1. The summed E-state index contributed by atoms with van der Waals surface area (Å²) in [6, 6.07) is 1.63. The van der Waals surface area contributed by atoms with Crippen LogP contribution in [0.1, 0.15) is 27.9 Å². The lowest BCUT2D eigenvalue weighted by Gasteiger charge is -2.05. The molecular formula is C11H15NO4S. The van der Waals surface area contributed by atoms with Crippen molar-refractivity contribution >= 4 is 23.2 Å². The molecule has 1 rings (SSSR count). The Balaban J connectivity index is 2.57. The summed E-state index contributed by atoms with van der Waals surface area (Å²) < 4.78 is 5.20. The predicted molar refractivity (Wildman–Crippen MR) is 64.8 cm³/mol. The number of ether oxygens (including phenoxy) is 1. The number of hydrogen-bond donors (Lipinski definition) is 2. The predicted octanol–water partition coefficient (Wildman–Crippen LogP) is 1.66. The summed E-state index contributed by atoms with van der Waals surface area (Å²) >= 11 is 1.14. The first-order chi connectivity index (χ1) is 8.04. The molecule has 0 saturated carbocycles. The molecule has 0 aliphatic rings. The second-order valence-electron chi connectivity index (χ2n) is 3.49. The summed E-state index contributed by atoms with van der Waals surface area (Å²) in [5.41, 5.74) is 0. The van der Waals surface area contributed by atoms with Gasteiger partial charge in [0, 0.05) is 11.4 Å². The molecule has 5 nitrogen and oxygen atoms in total. The van der Waals surface area contributed by atoms with Crippen molar-refractivity contribution in [2.45, 2.75) is 20.3 Å². The molecule has 0 fully saturated rings. The third kappa shape index (κ3) is 4.07. The second-order valence-corrected chi connectivity index (χ2v) is 4.75. The largest absolute Gasteiger partial charge is 0.482 e. The van der Waals surface area contributed by atoms with Crippen LogP contribution in [0.5, 0.6) is 5.75 Å². The fourth-order valence-electron chi connectivity index (χ4n) is 1.21. The smallest absolute Gasteiger partial charge is 0.349 e. The highest BCUT2D eigenvalue weighted by atomic mass is 32.1. The Kier molecular flexibility index (Phi) is 4.96. The zero-order valence-corrected chi connectivity index (χ0v) is 10.6. The molecule has 6 heteroatoms. The van der Waals surface area contributed by atoms with Crippen LogP contribution in [0.15, 0.2) is 6.07 Å². The molecule has 0 aliphatic heterocycles. The Morgan fingerprint density at radius 1 is 1.53 bits per heavy atom. The number of aryl methyl sites for hydroxylation is 1. The maximum atomic E-state index is 11.3. The van der Waals surface area contributed by atoms with Gasteiger partial charge >= 0.3 is 5.97 Å². The molecule has 1 amide bonds. The number of nitrogens with one attached hydrogen (secondary N) is 1. The first-order valence-corrected chi connectivity index (χ1v) is 6.09. The van der Waals surface area contributed by atoms with Gasteiger partial charge in [-0.05, 0) is 19.4 Å². The molecule has 2 N–H and O–H groups in total. The number of carbonyl (C=O) groups is 2. The van der Waals surface area contributed by atoms with E-state index in [-0.39, 0.29) is 23.1 Å². The molecule has 0 aromatic carbocycles. The number of carboxylic acid groups (broad SMARTS) is 1. The summed E-state index contributed by atoms with van der Waals surface area (Å²) in [5.74, 6) is -1.02. The fourth-order valence-corrected chi connectivity index (χ4v) is 2.00. The van der Waals surface area contributed by atoms with Gasteiger partial charge in [0.1, 0.15) is 5.75 Å². The Labute approximate surface area is 103 Å². The van der Waals surface area contributed by atoms with Crippen LogP contribution in [0.2, 0.25) is 0 Å². The van der Waals surface area contributed by atoms with Crippen molar-refractivity contribution in [1.29, 1.82) is 0 Å². The minimum atomic E-state index is -1.04. The Morgan fingerprint density at radius 3 is 2.82 bits per heavy atom. The summed E-state index contributed by atoms with van der Waals surface area (Å²) in [6.07, 6.45) is 0.851. The van der Waals surface area contributed by atoms with Gasteiger partial charge in [-0.25, -0.2) is 4.79 Å². The quantitative estimate of drug-likeness (QED) is 0.812. The molecule has 1 aromatic heterocycles. The molecule has 0 atom stereocenters. The van der Waals surface area contributed by atoms with E-state index in [1.165, 1.54) is 0 Å². The minimum absolute atomic E-state index is 0.130. The average molecular weight is 257 g/mol. The van der Waals surface area contributed by atoms with Crippen LogP contribution in [-0.4, -0.2) is 30.1 Å². The van der Waals surface area contributed by atoms with Gasteiger partial charge < -0.3 is 15.2 Å². The number of carbonyl (C=O) groups excluding carboxylic acids is 1. The zero-order chi connectivity index (χ0) is 12.8. The summed E-state index contributed by atoms with van der Waals surface area (Å²) in [5, 5.41) is 11.6. The van der Waals surface area contributed by atoms with E-state index in [9.17, 15) is 9.59 Å². The maximum absolute atomic E-state index is 11.3. The van der Waals surface area contributed by atoms with E-state index in [0.29, 0.717) is 6.54 Å². The monoisotopic (exact) mass is 257 g/mol. The molecular weight excluding hydrogens is 242 g/mol. The van der Waals surface area contributed by atoms with Gasteiger partial charge in [0.25, 0.3) is 5.91 Å². The lowest BCUT2D eigenvalue weighted by molar-refractivity contribution is -0.123. The zero-order valence-electron chi connectivity index (χ0n) is 9.78. The van der Waals surface area contributed by atoms with E-state index in [1.54, 1.807) is 13.0 Å². The van der Waals surface area contributed by atoms with Crippen molar-refractivity contribution in [3.05, 3.63) is 15.8 Å². The van der Waals surface area contributed by atoms with Gasteiger partial charge in [0.2, 0.25) is 0 Å². The number of thiophene rings is 1. The molecule has 0 bridgehead atoms. The Bertz CT molecular complexity index is 414. The lowest BCUT2D eigenvalue weighted by Crippen LogP contribution is -2.29. The van der Waals surface area contributed by atoms with Crippen molar-refractivity contribution < 1.29 is 19.4 Å². The van der Waals surface area contributed by atoms with Crippen LogP contribution in [0.4, 0.5) is 0 Å². The number of rotatable bonds is 6. The van der Waals surface area contributed by atoms with Gasteiger partial charge in [-0.2, -0.15) is 0 Å². The van der Waals surface area contributed by atoms with Crippen molar-refractivity contribution in [2.24, 2.45) is 0 Å². The molecule has 0 saturated heterocycles. The van der Waals surface area contributed by atoms with Crippen LogP contribution < -0.4 is 10.1 Å². The van der Waals surface area contributed by atoms with Gasteiger partial charge in [-0.3, -0.25) is 4.79 Å². The Morgan fingerprint density at radius 2 is 2.24 bits per heavy atom. The van der Waals surface area contributed by atoms with Gasteiger partial charge in [-0.15, -0.1) is 11.3 Å². The third-order valence-electron chi connectivity index (χ3n) is 1.95. The van der Waals surface area contributed by atoms with Crippen molar-refractivity contribution in [3.63, 3.8) is 0 Å². The summed E-state index contributed by atoms with van der Waals surface area (Å²) in [6.45, 7) is 4.18. The van der Waals surface area contributed by atoms with Crippen molar-refractivity contribution in [2.75, 3.05) is 13.2 Å². The maximum Gasteiger partial charge on any atom is 0.349 e. The standard InChI is InChI=1S/C11H15NO4S/c1-3-4-12-9(13)6-16-8-5-7(2)17-10(8)11(14)15/h5H,3-4,6H2,1-2H3,(H,12,13)(H,14,15). The number of carboxylic acids is 1. The van der Waals surface area contributed by atoms with Gasteiger partial charge in [0.05, 0.1) is 0 Å². The third-order valence-corrected chi connectivity index (χ3v) is 2.97. The molecule has 0 aliphatic carbocycles. The topological polar surface area (TPSA) is 75.6 Å². The molecule has 0 spiro atoms. The molecule has 1 aromatic rings. The molecule has 94 valence electrons. The van der Waals surface area contributed by atoms with Crippen LogP contribution in [-0.2, 0) is 4.79 Å². The summed E-state index contributed by atoms with van der Waals surface area (Å²) in [4.78, 5) is 23.1. The van der Waals surface area contributed by atoms with Gasteiger partial charge in [0.15, 0.2) is 11.5 Å². The van der Waals surface area contributed by atoms with E-state index >= 15 is 0 Å². The van der Waals surface area contributed by atoms with E-state index in [2.05, 4.69) is 5.32 Å². The molecule has 0 unspecified atom stereocenters. The van der Waals surface area contributed by atoms with E-state index < -0.39 is 5.97 Å². The van der Waals surface area contributed by atoms with Crippen molar-refractivity contribution in [1.82, 2.24) is 5.32 Å². The fraction of sp³-hybridized carbons (Fsp3) is 0.455. The van der Waals surface area contributed by atoms with E-state index in [0.717, 1.165) is 22.6 Å². The van der Waals surface area contributed by atoms with Crippen molar-refractivity contribution in [3.8, 4) is 5.75 Å². The van der Waals surface area contributed by atoms with Crippen LogP contribution in [0.3, 0.4) is 0 Å². The van der Waals surface area contributed by atoms with Crippen LogP contribution in [0.25, 0.3) is 0 Å². The number of amides is 1. The highest BCUT2D eigenvalue weighted by molar-refractivity contribution is 7.14. The average Bonchev–Trinajstić information content (AvgIpc) is 2.65. The SMILES string of the molecule is CCCNC(=O)COc1cc(C)sc1C(=O)O. The second kappa shape index (κ2) is 6.24. The summed E-state index contributed by atoms with van der Waals surface area (Å²) in [7, 11) is 0. The minimum Gasteiger partial charge on any atom is -0.482 e. The first kappa shape index (κ1) is 13.5. The highest BCUT2D eigenvalue weighted by Gasteiger charge is 2.16. The molecule has 1 heterocycles. The molecule has 0 radical (unpaired) electrons. The van der Waals surface area contributed by atoms with E-state index in [1.807, 2.05) is 6.92 Å². The highest BCUT2D eigenvalue weighted by Crippen LogP contribution is 2.28. The first-order valence-electron chi connectivity index (χ1n) is 5.27. The van der Waals surface area contributed by atoms with Gasteiger partial charge in [-0.1, -0.05) is 6.92 Å². The normalized spacial score (nSPS) is 10.0.